The molecule has 1 aromatic rings. The lowest BCUT2D eigenvalue weighted by molar-refractivity contribution is -0.125. The van der Waals surface area contributed by atoms with Crippen LogP contribution >= 0.6 is 11.6 Å². The second-order valence-corrected chi connectivity index (χ2v) is 5.15. The van der Waals surface area contributed by atoms with Crippen molar-refractivity contribution in [1.29, 1.82) is 0 Å². The van der Waals surface area contributed by atoms with E-state index in [-0.39, 0.29) is 11.8 Å². The third-order valence-electron chi connectivity index (χ3n) is 3.55. The smallest absolute Gasteiger partial charge is 0.254 e. The van der Waals surface area contributed by atoms with E-state index in [2.05, 4.69) is 10.6 Å². The molecule has 1 unspecified atom stereocenters. The van der Waals surface area contributed by atoms with Crippen molar-refractivity contribution in [1.82, 2.24) is 15.5 Å². The first-order valence-electron chi connectivity index (χ1n) is 6.54. The van der Waals surface area contributed by atoms with E-state index in [0.717, 1.165) is 5.56 Å². The van der Waals surface area contributed by atoms with E-state index in [4.69, 9.17) is 11.6 Å². The SMILES string of the molecule is CNC(=O)C1CNCCN1C(=O)c1cccc(Cl)c1C. The van der Waals surface area contributed by atoms with Crippen molar-refractivity contribution in [2.24, 2.45) is 0 Å². The summed E-state index contributed by atoms with van der Waals surface area (Å²) in [5, 5.41) is 6.29. The monoisotopic (exact) mass is 295 g/mol. The van der Waals surface area contributed by atoms with E-state index >= 15 is 0 Å². The maximum atomic E-state index is 12.7. The molecule has 1 aromatic carbocycles. The Morgan fingerprint density at radius 2 is 2.20 bits per heavy atom. The highest BCUT2D eigenvalue weighted by molar-refractivity contribution is 6.31. The maximum absolute atomic E-state index is 12.7. The van der Waals surface area contributed by atoms with Gasteiger partial charge in [0, 0.05) is 37.3 Å². The highest BCUT2D eigenvalue weighted by Gasteiger charge is 2.32. The molecule has 1 aliphatic heterocycles. The van der Waals surface area contributed by atoms with E-state index in [1.807, 2.05) is 6.92 Å². The average molecular weight is 296 g/mol. The number of likely N-dealkylation sites (N-methyl/N-ethyl adjacent to an activating group) is 1. The average Bonchev–Trinajstić information content (AvgIpc) is 2.48. The fourth-order valence-corrected chi connectivity index (χ4v) is 2.52. The van der Waals surface area contributed by atoms with Crippen molar-refractivity contribution >= 4 is 23.4 Å². The summed E-state index contributed by atoms with van der Waals surface area (Å²) < 4.78 is 0. The number of nitrogens with zero attached hydrogens (tertiary/aromatic N) is 1. The van der Waals surface area contributed by atoms with Crippen LogP contribution in [0.4, 0.5) is 0 Å². The van der Waals surface area contributed by atoms with Crippen LogP contribution in [0, 0.1) is 6.92 Å². The molecule has 1 atom stereocenters. The molecule has 0 bridgehead atoms. The van der Waals surface area contributed by atoms with Crippen LogP contribution in [0.25, 0.3) is 0 Å². The molecule has 0 radical (unpaired) electrons. The van der Waals surface area contributed by atoms with Crippen LogP contribution in [-0.2, 0) is 4.79 Å². The van der Waals surface area contributed by atoms with E-state index < -0.39 is 6.04 Å². The summed E-state index contributed by atoms with van der Waals surface area (Å²) in [5.74, 6) is -0.315. The zero-order valence-corrected chi connectivity index (χ0v) is 12.3. The molecule has 0 spiro atoms. The second kappa shape index (κ2) is 6.24. The molecular formula is C14H18ClN3O2. The van der Waals surface area contributed by atoms with Crippen LogP contribution in [-0.4, -0.2) is 49.4 Å². The lowest BCUT2D eigenvalue weighted by Gasteiger charge is -2.35. The van der Waals surface area contributed by atoms with Crippen LogP contribution in [0.5, 0.6) is 0 Å². The fourth-order valence-electron chi connectivity index (χ4n) is 2.34. The molecule has 6 heteroatoms. The van der Waals surface area contributed by atoms with Gasteiger partial charge in [-0.25, -0.2) is 0 Å². The number of hydrogen-bond donors (Lipinski definition) is 2. The molecule has 0 saturated carbocycles. The largest absolute Gasteiger partial charge is 0.357 e. The Labute approximate surface area is 123 Å². The van der Waals surface area contributed by atoms with Crippen LogP contribution in [0.15, 0.2) is 18.2 Å². The molecular weight excluding hydrogens is 278 g/mol. The van der Waals surface area contributed by atoms with Gasteiger partial charge in [-0.05, 0) is 24.6 Å². The first-order chi connectivity index (χ1) is 9.56. The minimum atomic E-state index is -0.486. The van der Waals surface area contributed by atoms with Crippen molar-refractivity contribution in [3.8, 4) is 0 Å². The first kappa shape index (κ1) is 14.8. The molecule has 1 heterocycles. The summed E-state index contributed by atoms with van der Waals surface area (Å²) in [6, 6.07) is 4.76. The number of nitrogens with one attached hydrogen (secondary N) is 2. The minimum Gasteiger partial charge on any atom is -0.357 e. The van der Waals surface area contributed by atoms with Gasteiger partial charge in [-0.1, -0.05) is 17.7 Å². The molecule has 1 saturated heterocycles. The Balaban J connectivity index is 2.30. The number of carbonyl (C=O) groups is 2. The van der Waals surface area contributed by atoms with Gasteiger partial charge in [-0.15, -0.1) is 0 Å². The van der Waals surface area contributed by atoms with Crippen LogP contribution in [0.1, 0.15) is 15.9 Å². The van der Waals surface area contributed by atoms with Crippen molar-refractivity contribution in [3.05, 3.63) is 34.3 Å². The quantitative estimate of drug-likeness (QED) is 0.849. The summed E-state index contributed by atoms with van der Waals surface area (Å²) in [4.78, 5) is 26.2. The summed E-state index contributed by atoms with van der Waals surface area (Å²) in [6.07, 6.45) is 0. The van der Waals surface area contributed by atoms with Gasteiger partial charge in [-0.3, -0.25) is 9.59 Å². The third kappa shape index (κ3) is 2.78. The van der Waals surface area contributed by atoms with Crippen LogP contribution in [0.2, 0.25) is 5.02 Å². The Bertz CT molecular complexity index is 533. The van der Waals surface area contributed by atoms with E-state index in [9.17, 15) is 9.59 Å². The normalized spacial score (nSPS) is 18.8. The molecule has 1 fully saturated rings. The fraction of sp³-hybridized carbons (Fsp3) is 0.429. The Morgan fingerprint density at radius 3 is 2.90 bits per heavy atom. The number of halogens is 1. The molecule has 0 aromatic heterocycles. The summed E-state index contributed by atoms with van der Waals surface area (Å²) >= 11 is 6.06. The molecule has 20 heavy (non-hydrogen) atoms. The predicted molar refractivity (Wildman–Crippen MR) is 77.9 cm³/mol. The van der Waals surface area contributed by atoms with Gasteiger partial charge in [0.15, 0.2) is 0 Å². The van der Waals surface area contributed by atoms with E-state index in [1.165, 1.54) is 0 Å². The Hall–Kier alpha value is -1.59. The second-order valence-electron chi connectivity index (χ2n) is 4.75. The van der Waals surface area contributed by atoms with Crippen LogP contribution < -0.4 is 10.6 Å². The van der Waals surface area contributed by atoms with Crippen molar-refractivity contribution in [2.45, 2.75) is 13.0 Å². The van der Waals surface area contributed by atoms with Crippen molar-refractivity contribution < 1.29 is 9.59 Å². The van der Waals surface area contributed by atoms with Crippen LogP contribution in [0.3, 0.4) is 0 Å². The van der Waals surface area contributed by atoms with Gasteiger partial charge >= 0.3 is 0 Å². The lowest BCUT2D eigenvalue weighted by Crippen LogP contribution is -2.59. The number of benzene rings is 1. The highest BCUT2D eigenvalue weighted by atomic mass is 35.5. The van der Waals surface area contributed by atoms with Gasteiger partial charge in [0.05, 0.1) is 0 Å². The third-order valence-corrected chi connectivity index (χ3v) is 3.96. The number of hydrogen-bond acceptors (Lipinski definition) is 3. The number of carbonyl (C=O) groups excluding carboxylic acids is 2. The first-order valence-corrected chi connectivity index (χ1v) is 6.92. The standard InChI is InChI=1S/C14H18ClN3O2/c1-9-10(4-3-5-11(9)15)14(20)18-7-6-17-8-12(18)13(19)16-2/h3-5,12,17H,6-8H2,1-2H3,(H,16,19). The molecule has 2 amide bonds. The molecule has 1 aliphatic rings. The summed E-state index contributed by atoms with van der Waals surface area (Å²) in [6.45, 7) is 3.46. The number of rotatable bonds is 2. The molecule has 0 aliphatic carbocycles. The number of amides is 2. The van der Waals surface area contributed by atoms with E-state index in [0.29, 0.717) is 30.2 Å². The number of piperazine rings is 1. The molecule has 5 nitrogen and oxygen atoms in total. The maximum Gasteiger partial charge on any atom is 0.254 e. The highest BCUT2D eigenvalue weighted by Crippen LogP contribution is 2.21. The van der Waals surface area contributed by atoms with Gasteiger partial charge in [0.1, 0.15) is 6.04 Å². The summed E-state index contributed by atoms with van der Waals surface area (Å²) in [7, 11) is 1.57. The van der Waals surface area contributed by atoms with Gasteiger partial charge < -0.3 is 15.5 Å². The van der Waals surface area contributed by atoms with Gasteiger partial charge in [0.2, 0.25) is 5.91 Å². The predicted octanol–water partition coefficient (Wildman–Crippen LogP) is 0.808. The Morgan fingerprint density at radius 1 is 1.45 bits per heavy atom. The minimum absolute atomic E-state index is 0.153. The summed E-state index contributed by atoms with van der Waals surface area (Å²) in [5.41, 5.74) is 1.29. The molecule has 2 N–H and O–H groups in total. The van der Waals surface area contributed by atoms with Gasteiger partial charge in [-0.2, -0.15) is 0 Å². The molecule has 2 rings (SSSR count). The van der Waals surface area contributed by atoms with Gasteiger partial charge in [0.25, 0.3) is 5.91 Å². The zero-order chi connectivity index (χ0) is 14.7. The van der Waals surface area contributed by atoms with E-state index in [1.54, 1.807) is 30.1 Å². The topological polar surface area (TPSA) is 61.4 Å². The lowest BCUT2D eigenvalue weighted by atomic mass is 10.1. The molecule has 108 valence electrons. The zero-order valence-electron chi connectivity index (χ0n) is 11.6. The Kier molecular flexibility index (Phi) is 4.62. The van der Waals surface area contributed by atoms with Crippen molar-refractivity contribution in [2.75, 3.05) is 26.7 Å². The van der Waals surface area contributed by atoms with Crippen molar-refractivity contribution in [3.63, 3.8) is 0 Å².